The highest BCUT2D eigenvalue weighted by Gasteiger charge is 2.05. The van der Waals surface area contributed by atoms with Gasteiger partial charge >= 0.3 is 0 Å². The Morgan fingerprint density at radius 3 is 2.25 bits per heavy atom. The molecule has 1 N–H and O–H groups in total. The molecule has 1 aliphatic rings. The summed E-state index contributed by atoms with van der Waals surface area (Å²) in [5.74, 6) is 1.29. The van der Waals surface area contributed by atoms with E-state index in [4.69, 9.17) is 0 Å². The van der Waals surface area contributed by atoms with E-state index in [1.165, 1.54) is 12.3 Å². The monoisotopic (exact) mass is 133 g/mol. The van der Waals surface area contributed by atoms with Crippen LogP contribution in [0.25, 0.3) is 0 Å². The maximum Gasteiger partial charge on any atom is 0.0504 e. The highest BCUT2D eigenvalue weighted by molar-refractivity contribution is 8.00. The van der Waals surface area contributed by atoms with Crippen LogP contribution in [0.4, 0.5) is 0 Å². The predicted molar refractivity (Wildman–Crippen MR) is 41.3 cm³/mol. The lowest BCUT2D eigenvalue weighted by Gasteiger charge is -1.94. The fourth-order valence-corrected chi connectivity index (χ4v) is 1.38. The van der Waals surface area contributed by atoms with Gasteiger partial charge in [0.25, 0.3) is 0 Å². The van der Waals surface area contributed by atoms with Crippen molar-refractivity contribution in [2.45, 2.75) is 26.1 Å². The molecule has 8 heavy (non-hydrogen) atoms. The molecule has 0 aromatic heterocycles. The summed E-state index contributed by atoms with van der Waals surface area (Å²) >= 11 is 1.99. The summed E-state index contributed by atoms with van der Waals surface area (Å²) in [5, 5.41) is 4.00. The molecule has 50 valence electrons. The van der Waals surface area contributed by atoms with Gasteiger partial charge in [0.15, 0.2) is 0 Å². The maximum absolute atomic E-state index is 3.28. The van der Waals surface area contributed by atoms with Gasteiger partial charge in [0.2, 0.25) is 0 Å². The van der Waals surface area contributed by atoms with E-state index in [1.807, 2.05) is 25.6 Å². The molecule has 0 aromatic carbocycles. The van der Waals surface area contributed by atoms with Gasteiger partial charge in [-0.15, -0.1) is 11.8 Å². The van der Waals surface area contributed by atoms with Crippen molar-refractivity contribution in [1.29, 1.82) is 0 Å². The summed E-state index contributed by atoms with van der Waals surface area (Å²) in [4.78, 5) is 0. The molecule has 1 nitrogen and oxygen atoms in total. The van der Waals surface area contributed by atoms with E-state index >= 15 is 0 Å². The first-order valence-corrected chi connectivity index (χ1v) is 4.29. The second kappa shape index (κ2) is 5.45. The summed E-state index contributed by atoms with van der Waals surface area (Å²) in [6.07, 6.45) is 0. The minimum Gasteiger partial charge on any atom is -0.305 e. The highest BCUT2D eigenvalue weighted by atomic mass is 32.2. The average molecular weight is 133 g/mol. The molecule has 1 fully saturated rings. The number of hydrogen-bond acceptors (Lipinski definition) is 2. The zero-order valence-corrected chi connectivity index (χ0v) is 6.72. The van der Waals surface area contributed by atoms with E-state index in [0.717, 1.165) is 0 Å². The van der Waals surface area contributed by atoms with Crippen molar-refractivity contribution in [3.05, 3.63) is 0 Å². The lowest BCUT2D eigenvalue weighted by atomic mass is 10.7. The van der Waals surface area contributed by atoms with E-state index in [0.29, 0.717) is 5.37 Å². The topological polar surface area (TPSA) is 12.0 Å². The first kappa shape index (κ1) is 8.31. The standard InChI is InChI=1S/C4H9NS.C2H6/c1-4-5-2-3-6-4;1-2/h4-5H,2-3H2,1H3;1-2H3. The van der Waals surface area contributed by atoms with Gasteiger partial charge < -0.3 is 5.32 Å². The van der Waals surface area contributed by atoms with Crippen LogP contribution in [0.15, 0.2) is 0 Å². The molecule has 0 aromatic rings. The van der Waals surface area contributed by atoms with Crippen molar-refractivity contribution in [1.82, 2.24) is 5.32 Å². The summed E-state index contributed by atoms with van der Waals surface area (Å²) in [7, 11) is 0. The molecular formula is C6H15NS. The van der Waals surface area contributed by atoms with Crippen LogP contribution in [0, 0.1) is 0 Å². The van der Waals surface area contributed by atoms with Crippen molar-refractivity contribution in [2.75, 3.05) is 12.3 Å². The predicted octanol–water partition coefficient (Wildman–Crippen LogP) is 1.70. The normalized spacial score (nSPS) is 26.6. The molecule has 1 aliphatic heterocycles. The molecular weight excluding hydrogens is 118 g/mol. The number of thioether (sulfide) groups is 1. The molecule has 2 heteroatoms. The average Bonchev–Trinajstić information content (AvgIpc) is 2.24. The molecule has 1 atom stereocenters. The highest BCUT2D eigenvalue weighted by Crippen LogP contribution is 2.10. The van der Waals surface area contributed by atoms with E-state index in [9.17, 15) is 0 Å². The number of nitrogens with one attached hydrogen (secondary N) is 1. The van der Waals surface area contributed by atoms with Gasteiger partial charge in [-0.2, -0.15) is 0 Å². The quantitative estimate of drug-likeness (QED) is 0.540. The number of hydrogen-bond donors (Lipinski definition) is 1. The zero-order valence-electron chi connectivity index (χ0n) is 5.90. The Labute approximate surface area is 56.2 Å². The third kappa shape index (κ3) is 3.33. The largest absolute Gasteiger partial charge is 0.305 e. The van der Waals surface area contributed by atoms with Crippen molar-refractivity contribution >= 4 is 11.8 Å². The molecule has 1 unspecified atom stereocenters. The third-order valence-corrected chi connectivity index (χ3v) is 2.01. The van der Waals surface area contributed by atoms with Crippen LogP contribution in [-0.2, 0) is 0 Å². The molecule has 1 rings (SSSR count). The van der Waals surface area contributed by atoms with Crippen LogP contribution in [0.2, 0.25) is 0 Å². The fourth-order valence-electron chi connectivity index (χ4n) is 0.557. The lowest BCUT2D eigenvalue weighted by molar-refractivity contribution is 0.761. The summed E-state index contributed by atoms with van der Waals surface area (Å²) in [5.41, 5.74) is 0. The second-order valence-corrected chi connectivity index (χ2v) is 2.92. The Kier molecular flexibility index (Phi) is 5.66. The molecule has 0 radical (unpaired) electrons. The van der Waals surface area contributed by atoms with Crippen molar-refractivity contribution < 1.29 is 0 Å². The molecule has 0 bridgehead atoms. The van der Waals surface area contributed by atoms with Gasteiger partial charge in [-0.3, -0.25) is 0 Å². The van der Waals surface area contributed by atoms with Crippen LogP contribution in [-0.4, -0.2) is 17.7 Å². The van der Waals surface area contributed by atoms with Gasteiger partial charge in [-0.25, -0.2) is 0 Å². The third-order valence-electron chi connectivity index (χ3n) is 0.902. The van der Waals surface area contributed by atoms with Crippen LogP contribution < -0.4 is 5.32 Å². The zero-order chi connectivity index (χ0) is 6.41. The van der Waals surface area contributed by atoms with Crippen LogP contribution >= 0.6 is 11.8 Å². The Morgan fingerprint density at radius 2 is 2.12 bits per heavy atom. The molecule has 0 saturated carbocycles. The summed E-state index contributed by atoms with van der Waals surface area (Å²) in [6.45, 7) is 7.39. The van der Waals surface area contributed by atoms with E-state index in [-0.39, 0.29) is 0 Å². The molecule has 0 spiro atoms. The Morgan fingerprint density at radius 1 is 1.50 bits per heavy atom. The summed E-state index contributed by atoms with van der Waals surface area (Å²) < 4.78 is 0. The van der Waals surface area contributed by atoms with Crippen molar-refractivity contribution in [3.63, 3.8) is 0 Å². The minimum absolute atomic E-state index is 0.713. The van der Waals surface area contributed by atoms with Gasteiger partial charge in [-0.1, -0.05) is 13.8 Å². The van der Waals surface area contributed by atoms with Gasteiger partial charge in [0.05, 0.1) is 5.37 Å². The lowest BCUT2D eigenvalue weighted by Crippen LogP contribution is -2.14. The van der Waals surface area contributed by atoms with Crippen LogP contribution in [0.3, 0.4) is 0 Å². The number of rotatable bonds is 0. The van der Waals surface area contributed by atoms with Gasteiger partial charge in [-0.05, 0) is 6.92 Å². The first-order chi connectivity index (χ1) is 3.89. The molecule has 0 aliphatic carbocycles. The molecule has 0 amide bonds. The van der Waals surface area contributed by atoms with E-state index in [1.54, 1.807) is 0 Å². The van der Waals surface area contributed by atoms with Crippen molar-refractivity contribution in [3.8, 4) is 0 Å². The fraction of sp³-hybridized carbons (Fsp3) is 1.00. The van der Waals surface area contributed by atoms with E-state index < -0.39 is 0 Å². The van der Waals surface area contributed by atoms with Gasteiger partial charge in [0, 0.05) is 12.3 Å². The van der Waals surface area contributed by atoms with Crippen LogP contribution in [0.1, 0.15) is 20.8 Å². The van der Waals surface area contributed by atoms with Crippen LogP contribution in [0.5, 0.6) is 0 Å². The molecule has 1 heterocycles. The minimum atomic E-state index is 0.713. The second-order valence-electron chi connectivity index (χ2n) is 1.47. The SMILES string of the molecule is CC.CC1NCCS1. The van der Waals surface area contributed by atoms with Gasteiger partial charge in [0.1, 0.15) is 0 Å². The smallest absolute Gasteiger partial charge is 0.0504 e. The Balaban J connectivity index is 0.000000222. The summed E-state index contributed by atoms with van der Waals surface area (Å²) in [6, 6.07) is 0. The van der Waals surface area contributed by atoms with Crippen molar-refractivity contribution in [2.24, 2.45) is 0 Å². The maximum atomic E-state index is 3.28. The Bertz CT molecular complexity index is 41.8. The Hall–Kier alpha value is 0.310. The molecule has 1 saturated heterocycles. The van der Waals surface area contributed by atoms with E-state index in [2.05, 4.69) is 12.2 Å². The first-order valence-electron chi connectivity index (χ1n) is 3.24.